The summed E-state index contributed by atoms with van der Waals surface area (Å²) in [5.74, 6) is -0.185. The number of pyridine rings is 1. The van der Waals surface area contributed by atoms with Crippen molar-refractivity contribution in [1.82, 2.24) is 9.88 Å². The summed E-state index contributed by atoms with van der Waals surface area (Å²) in [7, 11) is 0. The largest absolute Gasteiger partial charge is 0.478 e. The highest BCUT2D eigenvalue weighted by Crippen LogP contribution is 2.43. The Morgan fingerprint density at radius 2 is 2.06 bits per heavy atom. The fraction of sp³-hybridized carbons (Fsp3) is 0.320. The smallest absolute Gasteiger partial charge is 0.205 e. The van der Waals surface area contributed by atoms with Gasteiger partial charge in [0.25, 0.3) is 0 Å². The van der Waals surface area contributed by atoms with Gasteiger partial charge in [-0.25, -0.2) is 9.37 Å². The standard InChI is InChI=1S/C25H24Cl2FN3O3S/c1-13(21-18(26)3-4-19(28)22(21)27)34-24-23-16(10-30-25(24)29)17(12-33-23)20-5-2-15(35-20)11-31-8-6-14(32)7-9-31/h2-5,10,12-14,32H,6-9,11H2,1H3,(H2,29,30)/t13-/m1/s1. The maximum Gasteiger partial charge on any atom is 0.205 e. The Bertz CT molecular complexity index is 1370. The average Bonchev–Trinajstić information content (AvgIpc) is 3.47. The maximum absolute atomic E-state index is 14.0. The number of likely N-dealkylation sites (tertiary alicyclic amines) is 1. The zero-order valence-corrected chi connectivity index (χ0v) is 21.3. The van der Waals surface area contributed by atoms with E-state index in [0.717, 1.165) is 48.3 Å². The van der Waals surface area contributed by atoms with Crippen molar-refractivity contribution in [2.45, 2.75) is 38.5 Å². The van der Waals surface area contributed by atoms with Crippen LogP contribution in [-0.4, -0.2) is 34.2 Å². The van der Waals surface area contributed by atoms with Gasteiger partial charge in [-0.15, -0.1) is 11.3 Å². The van der Waals surface area contributed by atoms with Gasteiger partial charge in [0, 0.05) is 51.7 Å². The molecule has 5 rings (SSSR count). The lowest BCUT2D eigenvalue weighted by Crippen LogP contribution is -2.35. The van der Waals surface area contributed by atoms with E-state index in [2.05, 4.69) is 22.0 Å². The van der Waals surface area contributed by atoms with Gasteiger partial charge in [-0.3, -0.25) is 4.90 Å². The molecule has 184 valence electrons. The lowest BCUT2D eigenvalue weighted by molar-refractivity contribution is 0.0797. The Hall–Kier alpha value is -2.36. The maximum atomic E-state index is 14.0. The molecule has 0 radical (unpaired) electrons. The van der Waals surface area contributed by atoms with Gasteiger partial charge < -0.3 is 20.0 Å². The predicted molar refractivity (Wildman–Crippen MR) is 138 cm³/mol. The van der Waals surface area contributed by atoms with Crippen LogP contribution in [0.4, 0.5) is 10.2 Å². The average molecular weight is 536 g/mol. The van der Waals surface area contributed by atoms with E-state index in [-0.39, 0.29) is 27.7 Å². The predicted octanol–water partition coefficient (Wildman–Crippen LogP) is 6.68. The summed E-state index contributed by atoms with van der Waals surface area (Å²) in [6.45, 7) is 4.34. The number of halogens is 3. The van der Waals surface area contributed by atoms with E-state index in [4.69, 9.17) is 38.1 Å². The zero-order chi connectivity index (χ0) is 24.7. The molecule has 0 saturated carbocycles. The number of piperidine rings is 1. The molecule has 0 aliphatic carbocycles. The summed E-state index contributed by atoms with van der Waals surface area (Å²) in [4.78, 5) is 8.93. The Balaban J connectivity index is 1.42. The molecule has 0 bridgehead atoms. The molecule has 4 aromatic rings. The molecule has 4 heterocycles. The van der Waals surface area contributed by atoms with Crippen molar-refractivity contribution < 1.29 is 18.7 Å². The van der Waals surface area contributed by atoms with E-state index in [9.17, 15) is 9.50 Å². The highest BCUT2D eigenvalue weighted by atomic mass is 35.5. The number of fused-ring (bicyclic) bond motifs is 1. The first kappa shape index (κ1) is 24.3. The third-order valence-electron chi connectivity index (χ3n) is 6.25. The van der Waals surface area contributed by atoms with Crippen LogP contribution in [0, 0.1) is 5.82 Å². The number of nitrogens with zero attached hydrogens (tertiary/aromatic N) is 2. The number of thiophene rings is 1. The van der Waals surface area contributed by atoms with E-state index in [1.54, 1.807) is 30.7 Å². The number of ether oxygens (including phenoxy) is 1. The Labute approximate surface area is 216 Å². The number of aromatic nitrogens is 1. The van der Waals surface area contributed by atoms with Crippen LogP contribution in [0.15, 0.2) is 41.1 Å². The normalized spacial score (nSPS) is 16.1. The topological polar surface area (TPSA) is 84.8 Å². The summed E-state index contributed by atoms with van der Waals surface area (Å²) < 4.78 is 26.0. The van der Waals surface area contributed by atoms with Crippen molar-refractivity contribution in [3.05, 3.63) is 63.0 Å². The summed E-state index contributed by atoms with van der Waals surface area (Å²) in [5, 5.41) is 10.7. The Morgan fingerprint density at radius 3 is 2.83 bits per heavy atom. The first-order valence-corrected chi connectivity index (χ1v) is 12.8. The molecule has 10 heteroatoms. The summed E-state index contributed by atoms with van der Waals surface area (Å²) in [5.41, 5.74) is 7.79. The molecule has 1 aliphatic rings. The fourth-order valence-electron chi connectivity index (χ4n) is 4.34. The molecule has 3 aromatic heterocycles. The van der Waals surface area contributed by atoms with Gasteiger partial charge in [-0.1, -0.05) is 23.2 Å². The molecule has 1 aliphatic heterocycles. The molecule has 0 amide bonds. The van der Waals surface area contributed by atoms with Gasteiger partial charge in [-0.2, -0.15) is 0 Å². The van der Waals surface area contributed by atoms with Gasteiger partial charge in [0.05, 0.1) is 16.5 Å². The van der Waals surface area contributed by atoms with Gasteiger partial charge >= 0.3 is 0 Å². The molecular formula is C25H24Cl2FN3O3S. The molecule has 6 nitrogen and oxygen atoms in total. The van der Waals surface area contributed by atoms with Crippen LogP contribution in [0.3, 0.4) is 0 Å². The molecule has 0 spiro atoms. The van der Waals surface area contributed by atoms with E-state index < -0.39 is 11.9 Å². The van der Waals surface area contributed by atoms with E-state index in [1.807, 2.05) is 0 Å². The number of hydrogen-bond acceptors (Lipinski definition) is 7. The lowest BCUT2D eigenvalue weighted by atomic mass is 10.1. The van der Waals surface area contributed by atoms with E-state index in [1.165, 1.54) is 17.0 Å². The molecular weight excluding hydrogens is 512 g/mol. The van der Waals surface area contributed by atoms with Crippen molar-refractivity contribution in [3.8, 4) is 16.2 Å². The fourth-order valence-corrected chi connectivity index (χ4v) is 6.09. The number of aliphatic hydroxyl groups excluding tert-OH is 1. The lowest BCUT2D eigenvalue weighted by Gasteiger charge is -2.28. The van der Waals surface area contributed by atoms with Crippen molar-refractivity contribution in [2.24, 2.45) is 0 Å². The number of furan rings is 1. The molecule has 1 fully saturated rings. The van der Waals surface area contributed by atoms with Crippen LogP contribution in [0.25, 0.3) is 21.4 Å². The SMILES string of the molecule is C[C@@H](Oc1c(N)ncc2c(-c3ccc(CN4CCC(O)CC4)s3)coc12)c1c(Cl)ccc(F)c1Cl. The molecule has 3 N–H and O–H groups in total. The number of anilines is 1. The first-order chi connectivity index (χ1) is 16.8. The summed E-state index contributed by atoms with van der Waals surface area (Å²) >= 11 is 14.1. The quantitative estimate of drug-likeness (QED) is 0.268. The van der Waals surface area contributed by atoms with Crippen molar-refractivity contribution in [3.63, 3.8) is 0 Å². The second-order valence-corrected chi connectivity index (χ2v) is 10.6. The minimum absolute atomic E-state index is 0.0989. The van der Waals surface area contributed by atoms with Crippen molar-refractivity contribution in [1.29, 1.82) is 0 Å². The Kier molecular flexibility index (Phi) is 6.92. The van der Waals surface area contributed by atoms with E-state index in [0.29, 0.717) is 11.1 Å². The molecule has 1 aromatic carbocycles. The highest BCUT2D eigenvalue weighted by Gasteiger charge is 2.24. The van der Waals surface area contributed by atoms with Crippen LogP contribution < -0.4 is 10.5 Å². The highest BCUT2D eigenvalue weighted by molar-refractivity contribution is 7.15. The number of nitrogens with two attached hydrogens (primary N) is 1. The third kappa shape index (κ3) is 4.86. The number of rotatable bonds is 6. The number of nitrogen functional groups attached to an aromatic ring is 1. The van der Waals surface area contributed by atoms with Gasteiger partial charge in [0.1, 0.15) is 18.2 Å². The number of aliphatic hydroxyl groups is 1. The van der Waals surface area contributed by atoms with Crippen LogP contribution in [0.2, 0.25) is 10.0 Å². The second kappa shape index (κ2) is 9.95. The van der Waals surface area contributed by atoms with Crippen molar-refractivity contribution >= 4 is 51.3 Å². The summed E-state index contributed by atoms with van der Waals surface area (Å²) in [6, 6.07) is 6.82. The van der Waals surface area contributed by atoms with Gasteiger partial charge in [0.2, 0.25) is 5.75 Å². The number of benzene rings is 1. The minimum atomic E-state index is -0.703. The van der Waals surface area contributed by atoms with Gasteiger partial charge in [-0.05, 0) is 44.0 Å². The van der Waals surface area contributed by atoms with Crippen LogP contribution in [0.5, 0.6) is 5.75 Å². The second-order valence-electron chi connectivity index (χ2n) is 8.65. The van der Waals surface area contributed by atoms with Crippen LogP contribution in [-0.2, 0) is 6.54 Å². The van der Waals surface area contributed by atoms with Crippen molar-refractivity contribution in [2.75, 3.05) is 18.8 Å². The molecule has 35 heavy (non-hydrogen) atoms. The monoisotopic (exact) mass is 535 g/mol. The molecule has 1 atom stereocenters. The number of hydrogen-bond donors (Lipinski definition) is 2. The zero-order valence-electron chi connectivity index (χ0n) is 18.9. The molecule has 0 unspecified atom stereocenters. The van der Waals surface area contributed by atoms with E-state index >= 15 is 0 Å². The van der Waals surface area contributed by atoms with Gasteiger partial charge in [0.15, 0.2) is 11.4 Å². The Morgan fingerprint density at radius 1 is 1.29 bits per heavy atom. The van der Waals surface area contributed by atoms with Crippen LogP contribution in [0.1, 0.15) is 36.3 Å². The summed E-state index contributed by atoms with van der Waals surface area (Å²) in [6.07, 6.45) is 4.06. The molecule has 1 saturated heterocycles. The first-order valence-electron chi connectivity index (χ1n) is 11.3. The minimum Gasteiger partial charge on any atom is -0.478 e. The van der Waals surface area contributed by atoms with Crippen LogP contribution >= 0.6 is 34.5 Å². The third-order valence-corrected chi connectivity index (χ3v) is 8.06.